The van der Waals surface area contributed by atoms with Gasteiger partial charge in [0.15, 0.2) is 0 Å². The largest absolute Gasteiger partial charge is 0.756 e. The molecular weight excluding hydrogens is 719 g/mol. The normalized spacial score (nSPS) is 14.3. The average Bonchev–Trinajstić information content (AvgIpc) is 3.15. The molecule has 0 aromatic carbocycles. The number of quaternary nitrogens is 1. The van der Waals surface area contributed by atoms with Gasteiger partial charge in [0.25, 0.3) is 7.82 Å². The Kier molecular flexibility index (Phi) is 39.1. The summed E-state index contributed by atoms with van der Waals surface area (Å²) in [6.45, 7) is 4.48. The minimum absolute atomic E-state index is 0.000459. The summed E-state index contributed by atoms with van der Waals surface area (Å²) >= 11 is 0. The van der Waals surface area contributed by atoms with Crippen molar-refractivity contribution in [1.29, 1.82) is 0 Å². The second-order valence-corrected chi connectivity index (χ2v) is 19.2. The molecule has 0 saturated carbocycles. The number of nitrogens with zero attached hydrogens (tertiary/aromatic N) is 1. The van der Waals surface area contributed by atoms with Crippen LogP contribution in [-0.4, -0.2) is 68.5 Å². The number of unbranched alkanes of at least 4 members (excludes halogenated alkanes) is 31. The Morgan fingerprint density at radius 2 is 0.964 bits per heavy atom. The smallest absolute Gasteiger partial charge is 0.268 e. The summed E-state index contributed by atoms with van der Waals surface area (Å²) < 4.78 is 22.9. The van der Waals surface area contributed by atoms with Crippen LogP contribution in [0.5, 0.6) is 0 Å². The van der Waals surface area contributed by atoms with E-state index in [9.17, 15) is 19.4 Å². The lowest BCUT2D eigenvalue weighted by atomic mass is 10.0. The van der Waals surface area contributed by atoms with Gasteiger partial charge in [0.2, 0.25) is 5.91 Å². The van der Waals surface area contributed by atoms with Crippen molar-refractivity contribution < 1.29 is 32.9 Å². The molecule has 334 valence electrons. The third kappa shape index (κ3) is 41.4. The van der Waals surface area contributed by atoms with Crippen molar-refractivity contribution in [3.05, 3.63) is 12.2 Å². The predicted octanol–water partition coefficient (Wildman–Crippen LogP) is 12.9. The molecule has 0 aliphatic carbocycles. The first-order valence-electron chi connectivity index (χ1n) is 24.1. The number of amides is 1. The fourth-order valence-corrected chi connectivity index (χ4v) is 7.88. The second-order valence-electron chi connectivity index (χ2n) is 17.8. The number of nitrogens with one attached hydrogen (secondary N) is 1. The molecule has 56 heavy (non-hydrogen) atoms. The first-order chi connectivity index (χ1) is 27.0. The van der Waals surface area contributed by atoms with E-state index < -0.39 is 20.0 Å². The van der Waals surface area contributed by atoms with Gasteiger partial charge in [-0.3, -0.25) is 9.36 Å². The van der Waals surface area contributed by atoms with Gasteiger partial charge in [0.1, 0.15) is 13.2 Å². The number of allylic oxidation sites excluding steroid dienone is 1. The molecule has 8 nitrogen and oxygen atoms in total. The van der Waals surface area contributed by atoms with Crippen LogP contribution in [0.1, 0.15) is 232 Å². The van der Waals surface area contributed by atoms with Crippen molar-refractivity contribution in [2.24, 2.45) is 0 Å². The van der Waals surface area contributed by atoms with Crippen LogP contribution < -0.4 is 10.2 Å². The van der Waals surface area contributed by atoms with Crippen molar-refractivity contribution in [3.8, 4) is 0 Å². The molecule has 0 heterocycles. The first kappa shape index (κ1) is 55.2. The topological polar surface area (TPSA) is 108 Å². The lowest BCUT2D eigenvalue weighted by Crippen LogP contribution is -2.45. The first-order valence-corrected chi connectivity index (χ1v) is 25.5. The van der Waals surface area contributed by atoms with E-state index in [1.165, 1.54) is 173 Å². The summed E-state index contributed by atoms with van der Waals surface area (Å²) in [4.78, 5) is 24.8. The van der Waals surface area contributed by atoms with Crippen molar-refractivity contribution in [3.63, 3.8) is 0 Å². The van der Waals surface area contributed by atoms with Gasteiger partial charge >= 0.3 is 0 Å². The molecule has 0 saturated heterocycles. The second kappa shape index (κ2) is 39.7. The number of phosphoric ester groups is 1. The molecule has 0 aliphatic rings. The summed E-state index contributed by atoms with van der Waals surface area (Å²) in [5.41, 5.74) is 0. The van der Waals surface area contributed by atoms with Crippen LogP contribution in [0.3, 0.4) is 0 Å². The molecule has 1 amide bonds. The number of hydrogen-bond acceptors (Lipinski definition) is 6. The molecule has 3 atom stereocenters. The third-order valence-corrected chi connectivity index (χ3v) is 12.0. The van der Waals surface area contributed by atoms with Crippen LogP contribution in [0, 0.1) is 0 Å². The van der Waals surface area contributed by atoms with Gasteiger partial charge in [0, 0.05) is 6.42 Å². The molecule has 0 aliphatic heterocycles. The van der Waals surface area contributed by atoms with Crippen LogP contribution in [0.15, 0.2) is 12.2 Å². The van der Waals surface area contributed by atoms with Crippen molar-refractivity contribution in [2.75, 3.05) is 40.9 Å². The Labute approximate surface area is 348 Å². The molecule has 0 bridgehead atoms. The standard InChI is InChI=1S/C47H95N2O6P/c1-6-8-10-11-12-13-14-15-16-17-18-19-20-21-22-23-24-25-26-27-28-29-30-31-32-33-34-35-36-37-39-40-46(50)45(48-47(51)41-38-9-7-2)44-55-56(52,53)54-43-42-49(3,4)5/h39-40,45-46,50H,6-38,41-44H2,1-5H3,(H-,48,51,52,53)/b40-39+. The quantitative estimate of drug-likeness (QED) is 0.0274. The summed E-state index contributed by atoms with van der Waals surface area (Å²) in [6, 6.07) is -0.877. The van der Waals surface area contributed by atoms with E-state index in [-0.39, 0.29) is 19.1 Å². The Morgan fingerprint density at radius 3 is 1.34 bits per heavy atom. The van der Waals surface area contributed by atoms with Gasteiger partial charge in [-0.25, -0.2) is 0 Å². The zero-order valence-electron chi connectivity index (χ0n) is 37.9. The minimum Gasteiger partial charge on any atom is -0.756 e. The number of carbonyl (C=O) groups is 1. The molecule has 0 fully saturated rings. The lowest BCUT2D eigenvalue weighted by molar-refractivity contribution is -0.870. The van der Waals surface area contributed by atoms with Gasteiger partial charge in [-0.05, 0) is 19.3 Å². The van der Waals surface area contributed by atoms with Gasteiger partial charge in [-0.1, -0.05) is 219 Å². The molecule has 2 N–H and O–H groups in total. The van der Waals surface area contributed by atoms with Gasteiger partial charge < -0.3 is 28.8 Å². The van der Waals surface area contributed by atoms with Crippen LogP contribution >= 0.6 is 7.82 Å². The fourth-order valence-electron chi connectivity index (χ4n) is 7.15. The van der Waals surface area contributed by atoms with E-state index in [2.05, 4.69) is 19.2 Å². The highest BCUT2D eigenvalue weighted by Crippen LogP contribution is 2.38. The minimum atomic E-state index is -4.56. The zero-order valence-corrected chi connectivity index (χ0v) is 38.7. The Morgan fingerprint density at radius 1 is 0.607 bits per heavy atom. The third-order valence-electron chi connectivity index (χ3n) is 11.0. The number of phosphoric acid groups is 1. The summed E-state index contributed by atoms with van der Waals surface area (Å²) in [7, 11) is 1.26. The Bertz CT molecular complexity index is 927. The summed E-state index contributed by atoms with van der Waals surface area (Å²) in [5.74, 6) is -0.220. The van der Waals surface area contributed by atoms with E-state index in [4.69, 9.17) is 9.05 Å². The van der Waals surface area contributed by atoms with Crippen LogP contribution in [0.25, 0.3) is 0 Å². The number of aliphatic hydroxyl groups is 1. The Hall–Kier alpha value is -0.760. The number of rotatable bonds is 44. The van der Waals surface area contributed by atoms with E-state index >= 15 is 0 Å². The zero-order chi connectivity index (χ0) is 41.4. The highest BCUT2D eigenvalue weighted by Gasteiger charge is 2.23. The lowest BCUT2D eigenvalue weighted by Gasteiger charge is -2.29. The van der Waals surface area contributed by atoms with Crippen LogP contribution in [0.4, 0.5) is 0 Å². The van der Waals surface area contributed by atoms with E-state index in [0.29, 0.717) is 17.4 Å². The fraction of sp³-hybridized carbons (Fsp3) is 0.936. The maximum absolute atomic E-state index is 12.5. The molecule has 0 aromatic rings. The van der Waals surface area contributed by atoms with Gasteiger partial charge in [-0.15, -0.1) is 0 Å². The number of hydrogen-bond donors (Lipinski definition) is 2. The molecule has 0 rings (SSSR count). The average molecular weight is 815 g/mol. The highest BCUT2D eigenvalue weighted by atomic mass is 31.2. The van der Waals surface area contributed by atoms with E-state index in [1.54, 1.807) is 6.08 Å². The van der Waals surface area contributed by atoms with Crippen LogP contribution in [-0.2, 0) is 18.4 Å². The van der Waals surface area contributed by atoms with Gasteiger partial charge in [0.05, 0.1) is 39.9 Å². The summed E-state index contributed by atoms with van der Waals surface area (Å²) in [6.07, 6.45) is 46.7. The molecule has 3 unspecified atom stereocenters. The SMILES string of the molecule is CCCCCCCCCCCCCCCCCCCCCCCCCCCCCCC/C=C/C(O)C(COP(=O)([O-])OCC[N+](C)(C)C)NC(=O)CCCCC. The summed E-state index contributed by atoms with van der Waals surface area (Å²) in [5, 5.41) is 13.6. The maximum atomic E-state index is 12.5. The molecule has 9 heteroatoms. The van der Waals surface area contributed by atoms with Crippen molar-refractivity contribution in [1.82, 2.24) is 5.32 Å². The van der Waals surface area contributed by atoms with Crippen molar-refractivity contribution in [2.45, 2.75) is 244 Å². The molecule has 0 radical (unpaired) electrons. The number of carbonyl (C=O) groups excluding carboxylic acids is 1. The number of likely N-dealkylation sites (N-methyl/N-ethyl adjacent to an activating group) is 1. The van der Waals surface area contributed by atoms with Crippen LogP contribution in [0.2, 0.25) is 0 Å². The monoisotopic (exact) mass is 815 g/mol. The molecular formula is C47H95N2O6P. The van der Waals surface area contributed by atoms with E-state index in [1.807, 2.05) is 27.2 Å². The predicted molar refractivity (Wildman–Crippen MR) is 238 cm³/mol. The molecule has 0 spiro atoms. The molecule has 0 aromatic heterocycles. The Balaban J connectivity index is 3.79. The van der Waals surface area contributed by atoms with Gasteiger partial charge in [-0.2, -0.15) is 0 Å². The number of aliphatic hydroxyl groups excluding tert-OH is 1. The van der Waals surface area contributed by atoms with Crippen molar-refractivity contribution >= 4 is 13.7 Å². The van der Waals surface area contributed by atoms with E-state index in [0.717, 1.165) is 38.5 Å². The maximum Gasteiger partial charge on any atom is 0.268 e. The highest BCUT2D eigenvalue weighted by molar-refractivity contribution is 7.45.